The van der Waals surface area contributed by atoms with Crippen LogP contribution in [-0.4, -0.2) is 43.9 Å². The number of methoxy groups -OCH3 is 1. The number of carbonyl (C=O) groups is 2. The number of allylic oxidation sites excluding steroid dienone is 1. The molecule has 1 fully saturated rings. The number of likely N-dealkylation sites (tertiary alicyclic amines) is 1. The van der Waals surface area contributed by atoms with Crippen molar-refractivity contribution in [2.75, 3.05) is 26.8 Å². The smallest absolute Gasteiger partial charge is 0.227 e. The zero-order valence-electron chi connectivity index (χ0n) is 17.7. The van der Waals surface area contributed by atoms with E-state index in [-0.39, 0.29) is 17.6 Å². The monoisotopic (exact) mass is 391 g/mol. The Morgan fingerprint density at radius 2 is 1.93 bits per heavy atom. The number of ether oxygens (including phenoxy) is 1. The van der Waals surface area contributed by atoms with Crippen LogP contribution < -0.4 is 0 Å². The topological polar surface area (TPSA) is 46.6 Å². The van der Waals surface area contributed by atoms with E-state index in [9.17, 15) is 14.0 Å². The van der Waals surface area contributed by atoms with Crippen molar-refractivity contribution in [1.82, 2.24) is 4.90 Å². The predicted molar refractivity (Wildman–Crippen MR) is 112 cm³/mol. The number of aldehydes is 1. The van der Waals surface area contributed by atoms with Gasteiger partial charge >= 0.3 is 0 Å². The molecule has 0 radical (unpaired) electrons. The molecule has 0 spiro atoms. The normalized spacial score (nSPS) is 15.0. The Morgan fingerprint density at radius 1 is 1.29 bits per heavy atom. The van der Waals surface area contributed by atoms with E-state index < -0.39 is 0 Å². The highest BCUT2D eigenvalue weighted by Gasteiger charge is 2.23. The van der Waals surface area contributed by atoms with E-state index in [0.29, 0.717) is 19.5 Å². The first-order valence-electron chi connectivity index (χ1n) is 10.1. The van der Waals surface area contributed by atoms with E-state index in [4.69, 9.17) is 0 Å². The van der Waals surface area contributed by atoms with Crippen molar-refractivity contribution in [1.29, 1.82) is 0 Å². The number of unbranched alkanes of at least 4 members (excludes halogenated alkanes) is 1. The predicted octanol–water partition coefficient (Wildman–Crippen LogP) is 4.80. The Kier molecular flexibility index (Phi) is 11.3. The largest absolute Gasteiger partial charge is 0.385 e. The lowest BCUT2D eigenvalue weighted by molar-refractivity contribution is -0.132. The number of amides is 1. The lowest BCUT2D eigenvalue weighted by Gasteiger charge is -2.30. The summed E-state index contributed by atoms with van der Waals surface area (Å²) in [5.74, 6) is -0.0812. The fourth-order valence-electron chi connectivity index (χ4n) is 3.14. The molecule has 5 heteroatoms. The molecule has 0 atom stereocenters. The molecule has 1 heterocycles. The van der Waals surface area contributed by atoms with Gasteiger partial charge < -0.3 is 14.4 Å². The SMILES string of the molecule is CCC/C=C(/CC(=O)N1CCC(C=O)CC1)c1ccc(F)cc1C.CCOC. The van der Waals surface area contributed by atoms with Crippen LogP contribution in [-0.2, 0) is 14.3 Å². The number of carbonyl (C=O) groups excluding carboxylic acids is 2. The van der Waals surface area contributed by atoms with Crippen LogP contribution in [0.1, 0.15) is 57.1 Å². The van der Waals surface area contributed by atoms with Crippen molar-refractivity contribution < 1.29 is 18.7 Å². The van der Waals surface area contributed by atoms with Crippen molar-refractivity contribution in [3.05, 3.63) is 41.2 Å². The summed E-state index contributed by atoms with van der Waals surface area (Å²) >= 11 is 0. The van der Waals surface area contributed by atoms with Crippen LogP contribution in [0.3, 0.4) is 0 Å². The van der Waals surface area contributed by atoms with Crippen LogP contribution in [0, 0.1) is 18.7 Å². The number of hydrogen-bond acceptors (Lipinski definition) is 3. The molecular formula is C23H34FNO3. The minimum absolute atomic E-state index is 0.0866. The van der Waals surface area contributed by atoms with Crippen LogP contribution in [0.2, 0.25) is 0 Å². The van der Waals surface area contributed by atoms with Gasteiger partial charge in [0, 0.05) is 32.7 Å². The van der Waals surface area contributed by atoms with Gasteiger partial charge in [0.05, 0.1) is 6.42 Å². The van der Waals surface area contributed by atoms with Gasteiger partial charge in [0.1, 0.15) is 12.1 Å². The second-order valence-corrected chi connectivity index (χ2v) is 7.09. The van der Waals surface area contributed by atoms with Gasteiger partial charge in [-0.15, -0.1) is 0 Å². The molecule has 0 N–H and O–H groups in total. The first-order valence-corrected chi connectivity index (χ1v) is 10.1. The molecule has 4 nitrogen and oxygen atoms in total. The first kappa shape index (κ1) is 24.0. The zero-order valence-corrected chi connectivity index (χ0v) is 17.7. The lowest BCUT2D eigenvalue weighted by Crippen LogP contribution is -2.38. The molecule has 0 unspecified atom stereocenters. The molecule has 1 aromatic rings. The van der Waals surface area contributed by atoms with Gasteiger partial charge in [0.25, 0.3) is 0 Å². The van der Waals surface area contributed by atoms with Gasteiger partial charge in [-0.05, 0) is 61.9 Å². The average molecular weight is 392 g/mol. The maximum atomic E-state index is 13.4. The molecule has 0 saturated carbocycles. The average Bonchev–Trinajstić information content (AvgIpc) is 2.71. The second kappa shape index (κ2) is 13.2. The van der Waals surface area contributed by atoms with Gasteiger partial charge in [-0.25, -0.2) is 4.39 Å². The maximum absolute atomic E-state index is 13.4. The van der Waals surface area contributed by atoms with Crippen LogP contribution in [0.15, 0.2) is 24.3 Å². The van der Waals surface area contributed by atoms with Gasteiger partial charge in [-0.3, -0.25) is 4.79 Å². The number of rotatable bonds is 7. The van der Waals surface area contributed by atoms with Gasteiger partial charge in [-0.1, -0.05) is 25.5 Å². The molecule has 0 bridgehead atoms. The fourth-order valence-corrected chi connectivity index (χ4v) is 3.14. The third kappa shape index (κ3) is 7.93. The van der Waals surface area contributed by atoms with Crippen LogP contribution >= 0.6 is 0 Å². The summed E-state index contributed by atoms with van der Waals surface area (Å²) in [6.45, 7) is 8.04. The van der Waals surface area contributed by atoms with Gasteiger partial charge in [0.15, 0.2) is 0 Å². The minimum atomic E-state index is -0.256. The highest BCUT2D eigenvalue weighted by Crippen LogP contribution is 2.26. The van der Waals surface area contributed by atoms with Crippen molar-refractivity contribution in [3.63, 3.8) is 0 Å². The van der Waals surface area contributed by atoms with Crippen LogP contribution in [0.5, 0.6) is 0 Å². The van der Waals surface area contributed by atoms with E-state index in [1.807, 2.05) is 18.7 Å². The van der Waals surface area contributed by atoms with E-state index in [0.717, 1.165) is 55.3 Å². The Hall–Kier alpha value is -2.01. The molecule has 28 heavy (non-hydrogen) atoms. The van der Waals surface area contributed by atoms with Crippen LogP contribution in [0.4, 0.5) is 4.39 Å². The summed E-state index contributed by atoms with van der Waals surface area (Å²) < 4.78 is 17.9. The summed E-state index contributed by atoms with van der Waals surface area (Å²) in [7, 11) is 1.68. The van der Waals surface area contributed by atoms with Gasteiger partial charge in [0.2, 0.25) is 5.91 Å². The number of nitrogens with zero attached hydrogens (tertiary/aromatic N) is 1. The van der Waals surface area contributed by atoms with Crippen molar-refractivity contribution in [2.45, 2.75) is 52.9 Å². The minimum Gasteiger partial charge on any atom is -0.385 e. The standard InChI is InChI=1S/C20H26FNO2.C3H8O/c1-3-4-5-17(19-7-6-18(21)12-15(19)2)13-20(24)22-10-8-16(14-23)9-11-22;1-3-4-2/h5-7,12,14,16H,3-4,8-11,13H2,1-2H3;3H2,1-2H3/b17-5-;. The Labute approximate surface area is 168 Å². The molecule has 0 aliphatic carbocycles. The maximum Gasteiger partial charge on any atom is 0.227 e. The molecular weight excluding hydrogens is 357 g/mol. The number of halogens is 1. The zero-order chi connectivity index (χ0) is 20.9. The summed E-state index contributed by atoms with van der Waals surface area (Å²) in [4.78, 5) is 25.3. The summed E-state index contributed by atoms with van der Waals surface area (Å²) in [6, 6.07) is 4.72. The Balaban J connectivity index is 0.000000892. The van der Waals surface area contributed by atoms with Crippen molar-refractivity contribution in [2.24, 2.45) is 5.92 Å². The number of aryl methyl sites for hydroxylation is 1. The van der Waals surface area contributed by atoms with Crippen LogP contribution in [0.25, 0.3) is 5.57 Å². The van der Waals surface area contributed by atoms with E-state index in [1.54, 1.807) is 13.2 Å². The summed E-state index contributed by atoms with van der Waals surface area (Å²) in [6.07, 6.45) is 6.82. The van der Waals surface area contributed by atoms with E-state index in [2.05, 4.69) is 17.7 Å². The fraction of sp³-hybridized carbons (Fsp3) is 0.565. The highest BCUT2D eigenvalue weighted by molar-refractivity contribution is 5.89. The number of benzene rings is 1. The van der Waals surface area contributed by atoms with Crippen molar-refractivity contribution in [3.8, 4) is 0 Å². The molecule has 0 aromatic heterocycles. The highest BCUT2D eigenvalue weighted by atomic mass is 19.1. The third-order valence-corrected chi connectivity index (χ3v) is 4.93. The summed E-state index contributed by atoms with van der Waals surface area (Å²) in [5.41, 5.74) is 2.77. The quantitative estimate of drug-likeness (QED) is 0.628. The lowest BCUT2D eigenvalue weighted by atomic mass is 9.94. The Morgan fingerprint density at radius 3 is 2.43 bits per heavy atom. The number of piperidine rings is 1. The van der Waals surface area contributed by atoms with Crippen molar-refractivity contribution >= 4 is 17.8 Å². The van der Waals surface area contributed by atoms with E-state index in [1.165, 1.54) is 12.1 Å². The molecule has 1 amide bonds. The van der Waals surface area contributed by atoms with Gasteiger partial charge in [-0.2, -0.15) is 0 Å². The summed E-state index contributed by atoms with van der Waals surface area (Å²) in [5, 5.41) is 0. The molecule has 1 aliphatic rings. The molecule has 1 aliphatic heterocycles. The van der Waals surface area contributed by atoms with E-state index >= 15 is 0 Å². The molecule has 2 rings (SSSR count). The molecule has 1 saturated heterocycles. The molecule has 1 aromatic carbocycles. The molecule has 156 valence electrons. The second-order valence-electron chi connectivity index (χ2n) is 7.09. The third-order valence-electron chi connectivity index (χ3n) is 4.93. The Bertz CT molecular complexity index is 647. The first-order chi connectivity index (χ1) is 13.5. The number of hydrogen-bond donors (Lipinski definition) is 0.